The zero-order chi connectivity index (χ0) is 17.1. The van der Waals surface area contributed by atoms with Crippen molar-refractivity contribution in [1.82, 2.24) is 9.97 Å². The first kappa shape index (κ1) is 15.9. The fourth-order valence-corrected chi connectivity index (χ4v) is 2.42. The highest BCUT2D eigenvalue weighted by molar-refractivity contribution is 5.66. The summed E-state index contributed by atoms with van der Waals surface area (Å²) >= 11 is 0. The number of hydrogen-bond acceptors (Lipinski definition) is 4. The largest absolute Gasteiger partial charge is 0.340 e. The zero-order valence-electron chi connectivity index (χ0n) is 13.9. The Balaban J connectivity index is 1.89. The van der Waals surface area contributed by atoms with Crippen LogP contribution in [0, 0.1) is 26.6 Å². The van der Waals surface area contributed by atoms with E-state index in [4.69, 9.17) is 0 Å². The highest BCUT2D eigenvalue weighted by atomic mass is 19.1. The van der Waals surface area contributed by atoms with Gasteiger partial charge in [-0.15, -0.1) is 0 Å². The first-order valence-corrected chi connectivity index (χ1v) is 7.73. The van der Waals surface area contributed by atoms with E-state index in [0.29, 0.717) is 23.1 Å². The predicted octanol–water partition coefficient (Wildman–Crippen LogP) is 5.03. The molecule has 0 amide bonds. The summed E-state index contributed by atoms with van der Waals surface area (Å²) in [6.07, 6.45) is 0. The van der Waals surface area contributed by atoms with Gasteiger partial charge in [-0.3, -0.25) is 0 Å². The van der Waals surface area contributed by atoms with Crippen LogP contribution in [0.5, 0.6) is 0 Å². The number of aryl methyl sites for hydroxylation is 2. The molecule has 0 fully saturated rings. The van der Waals surface area contributed by atoms with E-state index >= 15 is 0 Å². The number of anilines is 4. The average Bonchev–Trinajstić information content (AvgIpc) is 2.54. The Kier molecular flexibility index (Phi) is 4.42. The smallest absolute Gasteiger partial charge is 0.146 e. The van der Waals surface area contributed by atoms with Gasteiger partial charge in [0.15, 0.2) is 0 Å². The van der Waals surface area contributed by atoms with Crippen LogP contribution in [-0.4, -0.2) is 9.97 Å². The molecule has 24 heavy (non-hydrogen) atoms. The van der Waals surface area contributed by atoms with Gasteiger partial charge in [-0.2, -0.15) is 0 Å². The Hall–Kier alpha value is -2.95. The predicted molar refractivity (Wildman–Crippen MR) is 95.7 cm³/mol. The van der Waals surface area contributed by atoms with Crippen molar-refractivity contribution in [2.24, 2.45) is 0 Å². The molecule has 122 valence electrons. The lowest BCUT2D eigenvalue weighted by atomic mass is 10.1. The summed E-state index contributed by atoms with van der Waals surface area (Å²) in [5.41, 5.74) is 3.74. The second-order valence-corrected chi connectivity index (χ2v) is 5.66. The Morgan fingerprint density at radius 3 is 2.12 bits per heavy atom. The molecule has 0 saturated carbocycles. The number of nitrogens with one attached hydrogen (secondary N) is 2. The van der Waals surface area contributed by atoms with E-state index in [9.17, 15) is 4.39 Å². The van der Waals surface area contributed by atoms with Crippen molar-refractivity contribution in [3.05, 3.63) is 71.3 Å². The van der Waals surface area contributed by atoms with Gasteiger partial charge in [0.2, 0.25) is 0 Å². The molecule has 0 spiro atoms. The Morgan fingerprint density at radius 1 is 0.792 bits per heavy atom. The van der Waals surface area contributed by atoms with Crippen molar-refractivity contribution in [3.63, 3.8) is 0 Å². The lowest BCUT2D eigenvalue weighted by molar-refractivity contribution is 0.632. The summed E-state index contributed by atoms with van der Waals surface area (Å²) in [6.45, 7) is 5.93. The molecule has 1 heterocycles. The molecule has 4 nitrogen and oxygen atoms in total. The molecule has 0 aliphatic heterocycles. The van der Waals surface area contributed by atoms with E-state index in [1.165, 1.54) is 11.6 Å². The average molecular weight is 322 g/mol. The van der Waals surface area contributed by atoms with Crippen LogP contribution in [0.3, 0.4) is 0 Å². The molecule has 0 bridgehead atoms. The monoisotopic (exact) mass is 322 g/mol. The first-order chi connectivity index (χ1) is 11.5. The molecule has 3 aromatic rings. The van der Waals surface area contributed by atoms with Crippen LogP contribution in [0.15, 0.2) is 48.5 Å². The summed E-state index contributed by atoms with van der Waals surface area (Å²) < 4.78 is 13.8. The molecule has 0 saturated heterocycles. The van der Waals surface area contributed by atoms with Crippen molar-refractivity contribution in [2.45, 2.75) is 20.8 Å². The molecule has 3 rings (SSSR count). The second-order valence-electron chi connectivity index (χ2n) is 5.66. The lowest BCUT2D eigenvalue weighted by Gasteiger charge is -2.13. The maximum Gasteiger partial charge on any atom is 0.146 e. The first-order valence-electron chi connectivity index (χ1n) is 7.73. The van der Waals surface area contributed by atoms with E-state index in [1.54, 1.807) is 31.2 Å². The third-order valence-corrected chi connectivity index (χ3v) is 3.84. The molecular formula is C19H19FN4. The summed E-state index contributed by atoms with van der Waals surface area (Å²) in [5.74, 6) is 1.48. The van der Waals surface area contributed by atoms with Crippen molar-refractivity contribution >= 4 is 23.0 Å². The third kappa shape index (κ3) is 3.51. The molecule has 5 heteroatoms. The quantitative estimate of drug-likeness (QED) is 0.707. The molecule has 0 atom stereocenters. The van der Waals surface area contributed by atoms with Crippen molar-refractivity contribution < 1.29 is 4.39 Å². The van der Waals surface area contributed by atoms with Crippen LogP contribution >= 0.6 is 0 Å². The van der Waals surface area contributed by atoms with Gasteiger partial charge in [0.05, 0.1) is 5.69 Å². The van der Waals surface area contributed by atoms with Gasteiger partial charge in [-0.1, -0.05) is 24.3 Å². The van der Waals surface area contributed by atoms with Crippen molar-refractivity contribution in [2.75, 3.05) is 10.6 Å². The summed E-state index contributed by atoms with van der Waals surface area (Å²) in [5, 5.41) is 6.31. The Bertz CT molecular complexity index is 877. The van der Waals surface area contributed by atoms with Gasteiger partial charge in [0.25, 0.3) is 0 Å². The molecule has 0 aliphatic carbocycles. The number of aromatic nitrogens is 2. The summed E-state index contributed by atoms with van der Waals surface area (Å²) in [6, 6.07) is 14.3. The van der Waals surface area contributed by atoms with E-state index in [2.05, 4.69) is 40.5 Å². The molecule has 2 N–H and O–H groups in total. The summed E-state index contributed by atoms with van der Waals surface area (Å²) in [4.78, 5) is 8.73. The lowest BCUT2D eigenvalue weighted by Crippen LogP contribution is -2.03. The van der Waals surface area contributed by atoms with Gasteiger partial charge in [-0.05, 0) is 50.1 Å². The topological polar surface area (TPSA) is 49.8 Å². The van der Waals surface area contributed by atoms with E-state index in [-0.39, 0.29) is 5.82 Å². The number of halogens is 1. The van der Waals surface area contributed by atoms with Gasteiger partial charge in [-0.25, -0.2) is 14.4 Å². The number of benzene rings is 2. The SMILES string of the molecule is Cc1nc(Nc2ccccc2F)cc(Nc2cccc(C)c2C)n1. The van der Waals surface area contributed by atoms with Gasteiger partial charge in [0.1, 0.15) is 23.3 Å². The van der Waals surface area contributed by atoms with Gasteiger partial charge in [0, 0.05) is 11.8 Å². The normalized spacial score (nSPS) is 10.5. The van der Waals surface area contributed by atoms with Crippen molar-refractivity contribution in [1.29, 1.82) is 0 Å². The minimum Gasteiger partial charge on any atom is -0.340 e. The Labute approximate surface area is 140 Å². The van der Waals surface area contributed by atoms with Crippen LogP contribution in [0.4, 0.5) is 27.4 Å². The fourth-order valence-electron chi connectivity index (χ4n) is 2.42. The van der Waals surface area contributed by atoms with Gasteiger partial charge < -0.3 is 10.6 Å². The highest BCUT2D eigenvalue weighted by Crippen LogP contribution is 2.24. The minimum atomic E-state index is -0.321. The number of para-hydroxylation sites is 1. The Morgan fingerprint density at radius 2 is 1.42 bits per heavy atom. The summed E-state index contributed by atoms with van der Waals surface area (Å²) in [7, 11) is 0. The molecule has 0 aliphatic rings. The second kappa shape index (κ2) is 6.66. The third-order valence-electron chi connectivity index (χ3n) is 3.84. The van der Waals surface area contributed by atoms with Crippen LogP contribution in [0.25, 0.3) is 0 Å². The van der Waals surface area contributed by atoms with E-state index < -0.39 is 0 Å². The van der Waals surface area contributed by atoms with Crippen LogP contribution in [0.1, 0.15) is 17.0 Å². The number of rotatable bonds is 4. The number of hydrogen-bond donors (Lipinski definition) is 2. The zero-order valence-corrected chi connectivity index (χ0v) is 13.9. The molecule has 1 aromatic heterocycles. The molecular weight excluding hydrogens is 303 g/mol. The maximum absolute atomic E-state index is 13.8. The highest BCUT2D eigenvalue weighted by Gasteiger charge is 2.07. The van der Waals surface area contributed by atoms with Crippen LogP contribution in [-0.2, 0) is 0 Å². The molecule has 0 radical (unpaired) electrons. The van der Waals surface area contributed by atoms with Crippen molar-refractivity contribution in [3.8, 4) is 0 Å². The van der Waals surface area contributed by atoms with Crippen LogP contribution in [0.2, 0.25) is 0 Å². The fraction of sp³-hybridized carbons (Fsp3) is 0.158. The maximum atomic E-state index is 13.8. The number of nitrogens with zero attached hydrogens (tertiary/aromatic N) is 2. The molecule has 2 aromatic carbocycles. The minimum absolute atomic E-state index is 0.321. The van der Waals surface area contributed by atoms with E-state index in [0.717, 1.165) is 11.3 Å². The van der Waals surface area contributed by atoms with Gasteiger partial charge >= 0.3 is 0 Å². The van der Waals surface area contributed by atoms with Crippen LogP contribution < -0.4 is 10.6 Å². The standard InChI is InChI=1S/C19H19FN4/c1-12-7-6-10-16(13(12)2)23-18-11-19(22-14(3)21-18)24-17-9-5-4-8-15(17)20/h4-11H,1-3H3,(H2,21,22,23,24). The van der Waals surface area contributed by atoms with E-state index in [1.807, 2.05) is 12.1 Å². The molecule has 0 unspecified atom stereocenters.